The topological polar surface area (TPSA) is 101 Å². The van der Waals surface area contributed by atoms with E-state index in [0.29, 0.717) is 38.3 Å². The molecule has 0 atom stereocenters. The molecule has 0 bridgehead atoms. The fourth-order valence-electron chi connectivity index (χ4n) is 2.49. The Labute approximate surface area is 147 Å². The Bertz CT molecular complexity index is 818. The molecule has 0 spiro atoms. The number of sulfone groups is 1. The maximum absolute atomic E-state index is 12.7. The largest absolute Gasteiger partial charge is 0.416 e. The molecular formula is C14H16F3N3O5S. The molecule has 1 fully saturated rings. The molecule has 2 rings (SSSR count). The van der Waals surface area contributed by atoms with E-state index < -0.39 is 48.7 Å². The molecule has 0 N–H and O–H groups in total. The standard InChI is InChI=1S/C14H16F3N3O5S/c1-18-4-6-19(7-5-18)13(21)9-26(24,25)12-3-2-10(14(15,16)17)8-11(12)20(22)23/h2-3,8H,4-7,9H2,1H3. The highest BCUT2D eigenvalue weighted by atomic mass is 32.2. The van der Waals surface area contributed by atoms with Gasteiger partial charge in [-0.15, -0.1) is 0 Å². The van der Waals surface area contributed by atoms with E-state index in [1.54, 1.807) is 0 Å². The number of rotatable bonds is 4. The van der Waals surface area contributed by atoms with Gasteiger partial charge in [-0.3, -0.25) is 14.9 Å². The lowest BCUT2D eigenvalue weighted by atomic mass is 10.2. The maximum Gasteiger partial charge on any atom is 0.416 e. The molecule has 1 saturated heterocycles. The molecule has 1 aliphatic heterocycles. The van der Waals surface area contributed by atoms with Crippen molar-refractivity contribution in [3.63, 3.8) is 0 Å². The van der Waals surface area contributed by atoms with Gasteiger partial charge in [-0.1, -0.05) is 0 Å². The molecule has 0 aromatic heterocycles. The summed E-state index contributed by atoms with van der Waals surface area (Å²) in [5, 5.41) is 11.0. The number of benzene rings is 1. The quantitative estimate of drug-likeness (QED) is 0.560. The highest BCUT2D eigenvalue weighted by Gasteiger charge is 2.36. The lowest BCUT2D eigenvalue weighted by Crippen LogP contribution is -2.48. The minimum absolute atomic E-state index is 0.160. The number of amides is 1. The summed E-state index contributed by atoms with van der Waals surface area (Å²) in [5.41, 5.74) is -2.54. The molecule has 1 heterocycles. The van der Waals surface area contributed by atoms with E-state index >= 15 is 0 Å². The first-order valence-electron chi connectivity index (χ1n) is 7.46. The summed E-state index contributed by atoms with van der Waals surface area (Å²) in [4.78, 5) is 24.4. The van der Waals surface area contributed by atoms with Crippen LogP contribution in [0.25, 0.3) is 0 Å². The van der Waals surface area contributed by atoms with Crippen LogP contribution < -0.4 is 0 Å². The average molecular weight is 395 g/mol. The van der Waals surface area contributed by atoms with Gasteiger partial charge in [0.15, 0.2) is 9.84 Å². The van der Waals surface area contributed by atoms with Gasteiger partial charge >= 0.3 is 6.18 Å². The third kappa shape index (κ3) is 4.49. The first-order valence-corrected chi connectivity index (χ1v) is 9.12. The minimum Gasteiger partial charge on any atom is -0.339 e. The molecule has 1 aromatic carbocycles. The number of nitro benzene ring substituents is 1. The number of carbonyl (C=O) groups is 1. The number of likely N-dealkylation sites (N-methyl/N-ethyl adjacent to an activating group) is 1. The van der Waals surface area contributed by atoms with Crippen LogP contribution in [-0.2, 0) is 20.8 Å². The van der Waals surface area contributed by atoms with Crippen LogP contribution in [0.5, 0.6) is 0 Å². The molecule has 0 radical (unpaired) electrons. The molecule has 0 saturated carbocycles. The molecule has 0 unspecified atom stereocenters. The van der Waals surface area contributed by atoms with Crippen LogP contribution in [0.15, 0.2) is 23.1 Å². The Kier molecular flexibility index (Phi) is 5.56. The zero-order valence-corrected chi connectivity index (χ0v) is 14.5. The van der Waals surface area contributed by atoms with Crippen LogP contribution in [0.2, 0.25) is 0 Å². The Hall–Kier alpha value is -2.21. The van der Waals surface area contributed by atoms with Crippen LogP contribution in [0.4, 0.5) is 18.9 Å². The highest BCUT2D eigenvalue weighted by Crippen LogP contribution is 2.34. The highest BCUT2D eigenvalue weighted by molar-refractivity contribution is 7.92. The Morgan fingerprint density at radius 1 is 1.23 bits per heavy atom. The second-order valence-corrected chi connectivity index (χ2v) is 7.84. The molecule has 8 nitrogen and oxygen atoms in total. The third-order valence-electron chi connectivity index (χ3n) is 3.99. The van der Waals surface area contributed by atoms with Crippen molar-refractivity contribution in [3.8, 4) is 0 Å². The first-order chi connectivity index (χ1) is 11.9. The molecule has 0 aliphatic carbocycles. The smallest absolute Gasteiger partial charge is 0.339 e. The van der Waals surface area contributed by atoms with E-state index in [9.17, 15) is 36.5 Å². The van der Waals surface area contributed by atoms with Crippen molar-refractivity contribution in [1.82, 2.24) is 9.80 Å². The molecule has 26 heavy (non-hydrogen) atoms. The van der Waals surface area contributed by atoms with E-state index in [0.717, 1.165) is 0 Å². The molecule has 144 valence electrons. The van der Waals surface area contributed by atoms with E-state index in [2.05, 4.69) is 0 Å². The van der Waals surface area contributed by atoms with Gasteiger partial charge in [-0.05, 0) is 19.2 Å². The van der Waals surface area contributed by atoms with Crippen LogP contribution in [-0.4, -0.2) is 68.0 Å². The molecule has 1 amide bonds. The molecule has 12 heteroatoms. The van der Waals surface area contributed by atoms with Crippen molar-refractivity contribution in [2.75, 3.05) is 39.0 Å². The second-order valence-electron chi connectivity index (χ2n) is 5.88. The summed E-state index contributed by atoms with van der Waals surface area (Å²) >= 11 is 0. The number of nitro groups is 1. The first kappa shape index (κ1) is 20.1. The van der Waals surface area contributed by atoms with E-state index in [4.69, 9.17) is 0 Å². The van der Waals surface area contributed by atoms with Gasteiger partial charge in [-0.25, -0.2) is 8.42 Å². The fourth-order valence-corrected chi connectivity index (χ4v) is 3.88. The number of alkyl halides is 3. The third-order valence-corrected chi connectivity index (χ3v) is 5.63. The van der Waals surface area contributed by atoms with Gasteiger partial charge in [0.2, 0.25) is 5.91 Å². The average Bonchev–Trinajstić information content (AvgIpc) is 2.53. The fraction of sp³-hybridized carbons (Fsp3) is 0.500. The van der Waals surface area contributed by atoms with Gasteiger partial charge in [0.1, 0.15) is 10.6 Å². The van der Waals surface area contributed by atoms with Gasteiger partial charge in [0, 0.05) is 32.2 Å². The van der Waals surface area contributed by atoms with E-state index in [1.807, 2.05) is 11.9 Å². The number of piperazine rings is 1. The van der Waals surface area contributed by atoms with Gasteiger partial charge in [-0.2, -0.15) is 13.2 Å². The number of carbonyl (C=O) groups excluding carboxylic acids is 1. The Balaban J connectivity index is 2.30. The lowest BCUT2D eigenvalue weighted by Gasteiger charge is -2.32. The predicted molar refractivity (Wildman–Crippen MR) is 84.2 cm³/mol. The number of nitrogens with zero attached hydrogens (tertiary/aromatic N) is 3. The summed E-state index contributed by atoms with van der Waals surface area (Å²) in [6.45, 7) is 1.71. The van der Waals surface area contributed by atoms with Crippen molar-refractivity contribution < 1.29 is 31.3 Å². The lowest BCUT2D eigenvalue weighted by molar-refractivity contribution is -0.388. The van der Waals surface area contributed by atoms with Crippen molar-refractivity contribution in [1.29, 1.82) is 0 Å². The zero-order chi connectivity index (χ0) is 19.7. The van der Waals surface area contributed by atoms with E-state index in [1.165, 1.54) is 4.90 Å². The molecule has 1 aromatic rings. The Morgan fingerprint density at radius 3 is 2.31 bits per heavy atom. The summed E-state index contributed by atoms with van der Waals surface area (Å²) < 4.78 is 62.9. The second kappa shape index (κ2) is 7.19. The van der Waals surface area contributed by atoms with Crippen LogP contribution in [0, 0.1) is 10.1 Å². The van der Waals surface area contributed by atoms with Crippen LogP contribution >= 0.6 is 0 Å². The van der Waals surface area contributed by atoms with Crippen molar-refractivity contribution >= 4 is 21.4 Å². The van der Waals surface area contributed by atoms with Crippen LogP contribution in [0.3, 0.4) is 0 Å². The summed E-state index contributed by atoms with van der Waals surface area (Å²) in [6, 6.07) is 1.13. The Morgan fingerprint density at radius 2 is 1.81 bits per heavy atom. The SMILES string of the molecule is CN1CCN(C(=O)CS(=O)(=O)c2ccc(C(F)(F)F)cc2[N+](=O)[O-])CC1. The van der Waals surface area contributed by atoms with E-state index in [-0.39, 0.29) is 6.07 Å². The predicted octanol–water partition coefficient (Wildman–Crippen LogP) is 1.16. The monoisotopic (exact) mass is 395 g/mol. The van der Waals surface area contributed by atoms with Crippen LogP contribution in [0.1, 0.15) is 5.56 Å². The molecule has 1 aliphatic rings. The maximum atomic E-state index is 12.7. The van der Waals surface area contributed by atoms with Gasteiger partial charge in [0.25, 0.3) is 5.69 Å². The minimum atomic E-state index is -4.86. The number of hydrogen-bond acceptors (Lipinski definition) is 6. The normalized spacial score (nSPS) is 16.5. The summed E-state index contributed by atoms with van der Waals surface area (Å²) in [6.07, 6.45) is -4.86. The van der Waals surface area contributed by atoms with Crippen molar-refractivity contribution in [2.24, 2.45) is 0 Å². The molecular weight excluding hydrogens is 379 g/mol. The summed E-state index contributed by atoms with van der Waals surface area (Å²) in [7, 11) is -2.64. The number of halogens is 3. The van der Waals surface area contributed by atoms with Gasteiger partial charge < -0.3 is 9.80 Å². The zero-order valence-electron chi connectivity index (χ0n) is 13.7. The number of hydrogen-bond donors (Lipinski definition) is 0. The van der Waals surface area contributed by atoms with Gasteiger partial charge in [0.05, 0.1) is 10.5 Å². The van der Waals surface area contributed by atoms with Crippen molar-refractivity contribution in [2.45, 2.75) is 11.1 Å². The van der Waals surface area contributed by atoms with Crippen molar-refractivity contribution in [3.05, 3.63) is 33.9 Å². The summed E-state index contributed by atoms with van der Waals surface area (Å²) in [5.74, 6) is -1.78.